The highest BCUT2D eigenvalue weighted by Crippen LogP contribution is 2.19. The Hall–Kier alpha value is -1.23. The second-order valence-corrected chi connectivity index (χ2v) is 4.65. The van der Waals surface area contributed by atoms with Crippen molar-refractivity contribution in [3.05, 3.63) is 46.2 Å². The Bertz CT molecular complexity index is 474. The summed E-state index contributed by atoms with van der Waals surface area (Å²) in [5, 5.41) is 16.5. The second-order valence-electron chi connectivity index (χ2n) is 3.87. The fourth-order valence-corrected chi connectivity index (χ4v) is 2.32. The van der Waals surface area contributed by atoms with E-state index in [0.29, 0.717) is 6.42 Å². The number of halogens is 1. The van der Waals surface area contributed by atoms with Crippen molar-refractivity contribution in [2.75, 3.05) is 17.7 Å². The Morgan fingerprint density at radius 3 is 2.78 bits per heavy atom. The van der Waals surface area contributed by atoms with Crippen molar-refractivity contribution in [2.24, 2.45) is 0 Å². The number of anilines is 2. The van der Waals surface area contributed by atoms with Gasteiger partial charge in [0.15, 0.2) is 0 Å². The molecule has 0 bridgehead atoms. The van der Waals surface area contributed by atoms with Crippen molar-refractivity contribution >= 4 is 35.1 Å². The zero-order chi connectivity index (χ0) is 12.1. The third-order valence-electron chi connectivity index (χ3n) is 2.60. The molecule has 18 heavy (non-hydrogen) atoms. The van der Waals surface area contributed by atoms with Crippen molar-refractivity contribution in [3.63, 3.8) is 0 Å². The molecule has 2 aromatic rings. The molecule has 0 fully saturated rings. The number of hydrogen-bond acceptors (Lipinski definition) is 4. The van der Waals surface area contributed by atoms with Crippen LogP contribution >= 0.6 is 23.7 Å². The predicted molar refractivity (Wildman–Crippen MR) is 80.5 cm³/mol. The molecule has 0 radical (unpaired) electrons. The van der Waals surface area contributed by atoms with Gasteiger partial charge in [-0.2, -0.15) is 11.3 Å². The van der Waals surface area contributed by atoms with Crippen LogP contribution in [-0.4, -0.2) is 11.7 Å². The van der Waals surface area contributed by atoms with E-state index in [2.05, 4.69) is 22.1 Å². The van der Waals surface area contributed by atoms with E-state index in [4.69, 9.17) is 10.8 Å². The summed E-state index contributed by atoms with van der Waals surface area (Å²) in [6.07, 6.45) is 0.597. The molecule has 0 saturated heterocycles. The topological polar surface area (TPSA) is 58.3 Å². The van der Waals surface area contributed by atoms with Gasteiger partial charge in [-0.1, -0.05) is 0 Å². The first-order chi connectivity index (χ1) is 8.29. The molecule has 0 amide bonds. The van der Waals surface area contributed by atoms with Crippen LogP contribution in [0.4, 0.5) is 11.4 Å². The quantitative estimate of drug-likeness (QED) is 0.740. The highest BCUT2D eigenvalue weighted by Gasteiger charge is 2.01. The molecular formula is C13H17ClN2OS. The highest BCUT2D eigenvalue weighted by molar-refractivity contribution is 7.07. The molecule has 0 atom stereocenters. The average molecular weight is 285 g/mol. The maximum Gasteiger partial charge on any atom is 0.0472 e. The lowest BCUT2D eigenvalue weighted by atomic mass is 10.1. The van der Waals surface area contributed by atoms with Crippen molar-refractivity contribution in [1.82, 2.24) is 0 Å². The van der Waals surface area contributed by atoms with E-state index in [1.807, 2.05) is 18.2 Å². The number of nitrogen functional groups attached to an aromatic ring is 1. The summed E-state index contributed by atoms with van der Waals surface area (Å²) >= 11 is 1.70. The van der Waals surface area contributed by atoms with E-state index in [1.165, 1.54) is 5.56 Å². The molecule has 0 saturated carbocycles. The molecule has 0 aliphatic carbocycles. The third-order valence-corrected chi connectivity index (χ3v) is 3.33. The Labute approximate surface area is 117 Å². The lowest BCUT2D eigenvalue weighted by Gasteiger charge is -2.09. The fraction of sp³-hybridized carbons (Fsp3) is 0.231. The minimum absolute atomic E-state index is 0. The average Bonchev–Trinajstić information content (AvgIpc) is 2.83. The van der Waals surface area contributed by atoms with Gasteiger partial charge in [-0.3, -0.25) is 0 Å². The van der Waals surface area contributed by atoms with Crippen molar-refractivity contribution in [2.45, 2.75) is 13.0 Å². The summed E-state index contributed by atoms with van der Waals surface area (Å²) in [5.74, 6) is 0. The molecule has 0 aliphatic heterocycles. The minimum atomic E-state index is 0. The van der Waals surface area contributed by atoms with Crippen LogP contribution in [0.25, 0.3) is 0 Å². The van der Waals surface area contributed by atoms with Crippen molar-refractivity contribution in [3.8, 4) is 0 Å². The standard InChI is InChI=1S/C13H16N2OS.ClH/c14-13-2-1-12(7-11(13)3-5-16)15-8-10-4-6-17-9-10;/h1-2,4,6-7,9,15-16H,3,5,8,14H2;1H. The summed E-state index contributed by atoms with van der Waals surface area (Å²) in [7, 11) is 0. The molecule has 0 aliphatic rings. The highest BCUT2D eigenvalue weighted by atomic mass is 35.5. The summed E-state index contributed by atoms with van der Waals surface area (Å²) in [6.45, 7) is 0.935. The van der Waals surface area contributed by atoms with Gasteiger partial charge in [0.1, 0.15) is 0 Å². The SMILES string of the molecule is Cl.Nc1ccc(NCc2ccsc2)cc1CCO. The van der Waals surface area contributed by atoms with Gasteiger partial charge in [0.05, 0.1) is 0 Å². The molecular weight excluding hydrogens is 268 g/mol. The zero-order valence-electron chi connectivity index (χ0n) is 9.93. The van der Waals surface area contributed by atoms with Gasteiger partial charge in [0.25, 0.3) is 0 Å². The number of hydrogen-bond donors (Lipinski definition) is 3. The Balaban J connectivity index is 0.00000162. The monoisotopic (exact) mass is 284 g/mol. The summed E-state index contributed by atoms with van der Waals surface area (Å²) in [5.41, 5.74) is 9.86. The maximum absolute atomic E-state index is 8.94. The molecule has 1 aromatic carbocycles. The summed E-state index contributed by atoms with van der Waals surface area (Å²) < 4.78 is 0. The van der Waals surface area contributed by atoms with E-state index in [9.17, 15) is 0 Å². The number of nitrogens with two attached hydrogens (primary N) is 1. The van der Waals surface area contributed by atoms with Gasteiger partial charge in [-0.15, -0.1) is 12.4 Å². The smallest absolute Gasteiger partial charge is 0.0472 e. The minimum Gasteiger partial charge on any atom is -0.399 e. The van der Waals surface area contributed by atoms with Gasteiger partial charge in [-0.05, 0) is 52.6 Å². The van der Waals surface area contributed by atoms with Crippen LogP contribution in [0.2, 0.25) is 0 Å². The molecule has 1 heterocycles. The van der Waals surface area contributed by atoms with Gasteiger partial charge in [0.2, 0.25) is 0 Å². The Kier molecular flexibility index (Phi) is 5.98. The number of rotatable bonds is 5. The molecule has 98 valence electrons. The van der Waals surface area contributed by atoms with Gasteiger partial charge in [0, 0.05) is 24.5 Å². The molecule has 2 rings (SSSR count). The van der Waals surface area contributed by atoms with Crippen LogP contribution < -0.4 is 11.1 Å². The summed E-state index contributed by atoms with van der Waals surface area (Å²) in [6, 6.07) is 7.94. The zero-order valence-corrected chi connectivity index (χ0v) is 11.6. The maximum atomic E-state index is 8.94. The van der Waals surface area contributed by atoms with Crippen LogP contribution in [0.15, 0.2) is 35.0 Å². The van der Waals surface area contributed by atoms with Crippen LogP contribution in [0, 0.1) is 0 Å². The molecule has 3 nitrogen and oxygen atoms in total. The first kappa shape index (κ1) is 14.8. The van der Waals surface area contributed by atoms with E-state index >= 15 is 0 Å². The second kappa shape index (κ2) is 7.26. The third kappa shape index (κ3) is 3.91. The van der Waals surface area contributed by atoms with Crippen LogP contribution in [-0.2, 0) is 13.0 Å². The molecule has 5 heteroatoms. The fourth-order valence-electron chi connectivity index (χ4n) is 1.65. The van der Waals surface area contributed by atoms with Crippen LogP contribution in [0.5, 0.6) is 0 Å². The van der Waals surface area contributed by atoms with Gasteiger partial charge >= 0.3 is 0 Å². The molecule has 0 spiro atoms. The largest absolute Gasteiger partial charge is 0.399 e. The number of aliphatic hydroxyl groups is 1. The first-order valence-corrected chi connectivity index (χ1v) is 6.48. The van der Waals surface area contributed by atoms with E-state index < -0.39 is 0 Å². The van der Waals surface area contributed by atoms with E-state index in [1.54, 1.807) is 11.3 Å². The summed E-state index contributed by atoms with van der Waals surface area (Å²) in [4.78, 5) is 0. The number of benzene rings is 1. The van der Waals surface area contributed by atoms with E-state index in [0.717, 1.165) is 23.5 Å². The normalized spacial score (nSPS) is 9.83. The molecule has 0 unspecified atom stereocenters. The van der Waals surface area contributed by atoms with Crippen LogP contribution in [0.1, 0.15) is 11.1 Å². The van der Waals surface area contributed by atoms with Gasteiger partial charge < -0.3 is 16.2 Å². The van der Waals surface area contributed by atoms with Crippen molar-refractivity contribution < 1.29 is 5.11 Å². The predicted octanol–water partition coefficient (Wildman–Crippen LogP) is 2.90. The molecule has 1 aromatic heterocycles. The van der Waals surface area contributed by atoms with Gasteiger partial charge in [-0.25, -0.2) is 0 Å². The lowest BCUT2D eigenvalue weighted by molar-refractivity contribution is 0.300. The number of aliphatic hydroxyl groups excluding tert-OH is 1. The van der Waals surface area contributed by atoms with Crippen molar-refractivity contribution in [1.29, 1.82) is 0 Å². The lowest BCUT2D eigenvalue weighted by Crippen LogP contribution is -2.02. The van der Waals surface area contributed by atoms with Crippen LogP contribution in [0.3, 0.4) is 0 Å². The van der Waals surface area contributed by atoms with E-state index in [-0.39, 0.29) is 19.0 Å². The number of thiophene rings is 1. The number of nitrogens with one attached hydrogen (secondary N) is 1. The first-order valence-electron chi connectivity index (χ1n) is 5.54. The Morgan fingerprint density at radius 1 is 1.28 bits per heavy atom. The Morgan fingerprint density at radius 2 is 2.11 bits per heavy atom. The molecule has 4 N–H and O–H groups in total.